The highest BCUT2D eigenvalue weighted by molar-refractivity contribution is 7.15. The van der Waals surface area contributed by atoms with Crippen molar-refractivity contribution in [1.82, 2.24) is 4.98 Å². The largest absolute Gasteiger partial charge is 0.330 e. The van der Waals surface area contributed by atoms with E-state index in [0.717, 1.165) is 17.1 Å². The number of nitrogens with zero attached hydrogens (tertiary/aromatic N) is 1. The molecule has 1 aromatic carbocycles. The van der Waals surface area contributed by atoms with Gasteiger partial charge in [0.15, 0.2) is 0 Å². The zero-order valence-electron chi connectivity index (χ0n) is 10.6. The van der Waals surface area contributed by atoms with Gasteiger partial charge >= 0.3 is 0 Å². The Balaban J connectivity index is 2.45. The lowest BCUT2D eigenvalue weighted by Crippen LogP contribution is -2.01. The van der Waals surface area contributed by atoms with Crippen molar-refractivity contribution < 1.29 is 0 Å². The summed E-state index contributed by atoms with van der Waals surface area (Å²) in [5, 5.41) is 1.14. The van der Waals surface area contributed by atoms with Gasteiger partial charge in [0.05, 0.1) is 15.6 Å². The summed E-state index contributed by atoms with van der Waals surface area (Å²) in [6, 6.07) is 6.57. The summed E-state index contributed by atoms with van der Waals surface area (Å²) in [7, 11) is 0. The lowest BCUT2D eigenvalue weighted by atomic mass is 10.0. The first kappa shape index (κ1) is 12.3. The van der Waals surface area contributed by atoms with Crippen LogP contribution in [0, 0.1) is 20.8 Å². The third kappa shape index (κ3) is 2.56. The molecule has 0 fully saturated rings. The van der Waals surface area contributed by atoms with Crippen LogP contribution in [0.4, 0.5) is 0 Å². The van der Waals surface area contributed by atoms with Gasteiger partial charge < -0.3 is 5.73 Å². The van der Waals surface area contributed by atoms with Gasteiger partial charge in [0.2, 0.25) is 0 Å². The van der Waals surface area contributed by atoms with Crippen LogP contribution < -0.4 is 5.73 Å². The number of rotatable bonds is 3. The van der Waals surface area contributed by atoms with Gasteiger partial charge in [-0.25, -0.2) is 4.98 Å². The second-order valence-corrected chi connectivity index (χ2v) is 5.46. The van der Waals surface area contributed by atoms with Gasteiger partial charge in [0.1, 0.15) is 0 Å². The predicted octanol–water partition coefficient (Wildman–Crippen LogP) is 3.24. The van der Waals surface area contributed by atoms with Crippen molar-refractivity contribution in [2.75, 3.05) is 6.54 Å². The molecule has 1 aromatic heterocycles. The highest BCUT2D eigenvalue weighted by atomic mass is 32.1. The van der Waals surface area contributed by atoms with Crippen molar-refractivity contribution in [1.29, 1.82) is 0 Å². The van der Waals surface area contributed by atoms with Crippen molar-refractivity contribution in [2.24, 2.45) is 5.73 Å². The van der Waals surface area contributed by atoms with Crippen molar-refractivity contribution >= 4 is 11.3 Å². The average Bonchev–Trinajstić information content (AvgIpc) is 2.60. The molecule has 3 heteroatoms. The van der Waals surface area contributed by atoms with Crippen LogP contribution in [0.1, 0.15) is 21.8 Å². The van der Waals surface area contributed by atoms with E-state index in [9.17, 15) is 0 Å². The minimum atomic E-state index is 0.666. The zero-order valence-corrected chi connectivity index (χ0v) is 11.4. The lowest BCUT2D eigenvalue weighted by molar-refractivity contribution is 0.945. The molecule has 2 aromatic rings. The van der Waals surface area contributed by atoms with Gasteiger partial charge in [-0.2, -0.15) is 0 Å². The highest BCUT2D eigenvalue weighted by Gasteiger charge is 2.11. The van der Waals surface area contributed by atoms with E-state index < -0.39 is 0 Å². The Kier molecular flexibility index (Phi) is 3.60. The van der Waals surface area contributed by atoms with Gasteiger partial charge in [0.25, 0.3) is 0 Å². The molecule has 0 unspecified atom stereocenters. The molecule has 0 aliphatic heterocycles. The maximum Gasteiger partial charge on any atom is 0.0947 e. The van der Waals surface area contributed by atoms with Crippen LogP contribution in [-0.4, -0.2) is 11.5 Å². The molecule has 0 aliphatic carbocycles. The Bertz CT molecular complexity index is 529. The fourth-order valence-corrected chi connectivity index (χ4v) is 3.17. The van der Waals surface area contributed by atoms with Gasteiger partial charge in [-0.05, 0) is 38.4 Å². The van der Waals surface area contributed by atoms with E-state index in [1.807, 2.05) is 0 Å². The first-order valence-corrected chi connectivity index (χ1v) is 6.67. The summed E-state index contributed by atoms with van der Waals surface area (Å²) in [6.07, 6.45) is 0.871. The van der Waals surface area contributed by atoms with Crippen LogP contribution in [0.3, 0.4) is 0 Å². The van der Waals surface area contributed by atoms with Crippen molar-refractivity contribution in [3.8, 4) is 10.4 Å². The van der Waals surface area contributed by atoms with E-state index in [2.05, 4.69) is 44.0 Å². The molecule has 0 saturated carbocycles. The van der Waals surface area contributed by atoms with Gasteiger partial charge in [-0.1, -0.05) is 23.8 Å². The maximum atomic E-state index is 5.57. The number of nitrogens with two attached hydrogens (primary N) is 1. The number of thiazole rings is 1. The molecule has 2 N–H and O–H groups in total. The van der Waals surface area contributed by atoms with Crippen LogP contribution >= 0.6 is 11.3 Å². The minimum absolute atomic E-state index is 0.666. The molecule has 0 atom stereocenters. The molecule has 0 amide bonds. The van der Waals surface area contributed by atoms with Gasteiger partial charge in [0, 0.05) is 6.42 Å². The monoisotopic (exact) mass is 246 g/mol. The standard InChI is InChI=1S/C14H18N2S/c1-9-4-5-12(10(2)8-9)14-11(3)16-13(17-14)6-7-15/h4-5,8H,6-7,15H2,1-3H3. The first-order valence-electron chi connectivity index (χ1n) is 5.86. The number of aromatic nitrogens is 1. The summed E-state index contributed by atoms with van der Waals surface area (Å²) in [5.74, 6) is 0. The smallest absolute Gasteiger partial charge is 0.0947 e. The third-order valence-electron chi connectivity index (χ3n) is 2.83. The maximum absolute atomic E-state index is 5.57. The van der Waals surface area contributed by atoms with Crippen LogP contribution in [0.25, 0.3) is 10.4 Å². The number of benzene rings is 1. The van der Waals surface area contributed by atoms with Crippen LogP contribution in [-0.2, 0) is 6.42 Å². The van der Waals surface area contributed by atoms with E-state index in [1.54, 1.807) is 11.3 Å². The number of hydrogen-bond acceptors (Lipinski definition) is 3. The Labute approximate surface area is 107 Å². The van der Waals surface area contributed by atoms with Crippen molar-refractivity contribution in [3.05, 3.63) is 40.0 Å². The highest BCUT2D eigenvalue weighted by Crippen LogP contribution is 2.32. The predicted molar refractivity (Wildman–Crippen MR) is 74.5 cm³/mol. The second kappa shape index (κ2) is 4.98. The van der Waals surface area contributed by atoms with Crippen LogP contribution in [0.15, 0.2) is 18.2 Å². The van der Waals surface area contributed by atoms with Crippen molar-refractivity contribution in [2.45, 2.75) is 27.2 Å². The second-order valence-electron chi connectivity index (χ2n) is 4.38. The molecule has 1 heterocycles. The lowest BCUT2D eigenvalue weighted by Gasteiger charge is -2.04. The summed E-state index contributed by atoms with van der Waals surface area (Å²) >= 11 is 1.77. The van der Waals surface area contributed by atoms with Crippen LogP contribution in [0.2, 0.25) is 0 Å². The summed E-state index contributed by atoms with van der Waals surface area (Å²) in [4.78, 5) is 5.86. The fourth-order valence-electron chi connectivity index (χ4n) is 2.00. The minimum Gasteiger partial charge on any atom is -0.330 e. The summed E-state index contributed by atoms with van der Waals surface area (Å²) in [5.41, 5.74) is 10.6. The van der Waals surface area contributed by atoms with E-state index in [1.165, 1.54) is 21.6 Å². The molecule has 0 radical (unpaired) electrons. The Morgan fingerprint density at radius 3 is 2.65 bits per heavy atom. The third-order valence-corrected chi connectivity index (χ3v) is 4.08. The van der Waals surface area contributed by atoms with E-state index in [-0.39, 0.29) is 0 Å². The topological polar surface area (TPSA) is 38.9 Å². The Morgan fingerprint density at radius 2 is 2.00 bits per heavy atom. The molecular formula is C14H18N2S. The van der Waals surface area contributed by atoms with Crippen LogP contribution in [0.5, 0.6) is 0 Å². The molecule has 2 nitrogen and oxygen atoms in total. The Morgan fingerprint density at radius 1 is 1.24 bits per heavy atom. The normalized spacial score (nSPS) is 10.8. The molecule has 90 valence electrons. The quantitative estimate of drug-likeness (QED) is 0.903. The number of hydrogen-bond donors (Lipinski definition) is 1. The Hall–Kier alpha value is -1.19. The zero-order chi connectivity index (χ0) is 12.4. The molecule has 0 saturated heterocycles. The van der Waals surface area contributed by atoms with Gasteiger partial charge in [-0.3, -0.25) is 0 Å². The van der Waals surface area contributed by atoms with E-state index in [0.29, 0.717) is 6.54 Å². The number of aryl methyl sites for hydroxylation is 3. The first-order chi connectivity index (χ1) is 8.11. The van der Waals surface area contributed by atoms with Crippen molar-refractivity contribution in [3.63, 3.8) is 0 Å². The molecule has 0 bridgehead atoms. The molecule has 17 heavy (non-hydrogen) atoms. The fraction of sp³-hybridized carbons (Fsp3) is 0.357. The van der Waals surface area contributed by atoms with Gasteiger partial charge in [-0.15, -0.1) is 11.3 Å². The SMILES string of the molecule is Cc1ccc(-c2sc(CCN)nc2C)c(C)c1. The summed E-state index contributed by atoms with van der Waals surface area (Å²) < 4.78 is 0. The molecule has 2 rings (SSSR count). The molecular weight excluding hydrogens is 228 g/mol. The average molecular weight is 246 g/mol. The summed E-state index contributed by atoms with van der Waals surface area (Å²) in [6.45, 7) is 7.02. The van der Waals surface area contributed by atoms with E-state index in [4.69, 9.17) is 5.73 Å². The molecule has 0 aliphatic rings. The van der Waals surface area contributed by atoms with E-state index >= 15 is 0 Å². The molecule has 0 spiro atoms.